The van der Waals surface area contributed by atoms with Gasteiger partial charge in [-0.3, -0.25) is 0 Å². The summed E-state index contributed by atoms with van der Waals surface area (Å²) < 4.78 is 0. The molecule has 2 heteroatoms. The molecule has 1 aromatic carbocycles. The zero-order chi connectivity index (χ0) is 9.42. The maximum absolute atomic E-state index is 3.56. The lowest BCUT2D eigenvalue weighted by Crippen LogP contribution is -3.00. The summed E-state index contributed by atoms with van der Waals surface area (Å²) in [5.41, 5.74) is 4.22. The quantitative estimate of drug-likeness (QED) is 0.703. The Morgan fingerprint density at radius 2 is 2.00 bits per heavy atom. The van der Waals surface area contributed by atoms with Crippen LogP contribution in [0.15, 0.2) is 18.2 Å². The molecular formula is C12H17BrN-. The number of rotatable bonds is 0. The van der Waals surface area contributed by atoms with E-state index in [2.05, 4.69) is 44.3 Å². The van der Waals surface area contributed by atoms with Crippen molar-refractivity contribution in [2.75, 3.05) is 5.32 Å². The molecule has 0 aromatic heterocycles. The maximum Gasteiger partial charge on any atom is 0.0407 e. The van der Waals surface area contributed by atoms with Crippen LogP contribution < -0.4 is 22.3 Å². The van der Waals surface area contributed by atoms with Crippen molar-refractivity contribution in [2.24, 2.45) is 0 Å². The van der Waals surface area contributed by atoms with Crippen molar-refractivity contribution in [3.8, 4) is 0 Å². The third-order valence-corrected chi connectivity index (χ3v) is 2.93. The Hall–Kier alpha value is -0.500. The first kappa shape index (κ1) is 11.6. The van der Waals surface area contributed by atoms with Crippen LogP contribution in [-0.2, 0) is 0 Å². The third-order valence-electron chi connectivity index (χ3n) is 2.93. The summed E-state index contributed by atoms with van der Waals surface area (Å²) in [7, 11) is 0. The molecule has 1 aliphatic heterocycles. The Labute approximate surface area is 96.7 Å². The lowest BCUT2D eigenvalue weighted by molar-refractivity contribution is -0.00000290. The van der Waals surface area contributed by atoms with E-state index in [9.17, 15) is 0 Å². The Bertz CT molecular complexity index is 322. The molecule has 1 aromatic rings. The van der Waals surface area contributed by atoms with Crippen LogP contribution in [0.5, 0.6) is 0 Å². The molecule has 0 saturated carbocycles. The molecule has 0 spiro atoms. The summed E-state index contributed by atoms with van der Waals surface area (Å²) in [5, 5.41) is 3.56. The van der Waals surface area contributed by atoms with E-state index in [0.29, 0.717) is 12.0 Å². The van der Waals surface area contributed by atoms with E-state index < -0.39 is 0 Å². The van der Waals surface area contributed by atoms with Crippen molar-refractivity contribution in [3.63, 3.8) is 0 Å². The van der Waals surface area contributed by atoms with E-state index in [1.165, 1.54) is 23.2 Å². The molecule has 0 saturated heterocycles. The van der Waals surface area contributed by atoms with Crippen molar-refractivity contribution in [3.05, 3.63) is 29.3 Å². The minimum Gasteiger partial charge on any atom is -1.00 e. The number of hydrogen-bond donors (Lipinski definition) is 1. The largest absolute Gasteiger partial charge is 1.00 e. The van der Waals surface area contributed by atoms with Gasteiger partial charge in [0.15, 0.2) is 0 Å². The smallest absolute Gasteiger partial charge is 0.0407 e. The van der Waals surface area contributed by atoms with Gasteiger partial charge in [0, 0.05) is 11.7 Å². The number of anilines is 1. The highest BCUT2D eigenvalue weighted by molar-refractivity contribution is 5.60. The van der Waals surface area contributed by atoms with Gasteiger partial charge in [0.2, 0.25) is 0 Å². The predicted octanol–water partition coefficient (Wildman–Crippen LogP) is 0.307. The zero-order valence-electron chi connectivity index (χ0n) is 8.97. The molecule has 1 heterocycles. The minimum atomic E-state index is 0. The SMILES string of the molecule is Cc1cccc2c1NC(C)CC2C.[Br-]. The summed E-state index contributed by atoms with van der Waals surface area (Å²) in [6.45, 7) is 6.75. The van der Waals surface area contributed by atoms with E-state index in [1.807, 2.05) is 0 Å². The Morgan fingerprint density at radius 1 is 1.29 bits per heavy atom. The maximum atomic E-state index is 3.56. The average molecular weight is 255 g/mol. The highest BCUT2D eigenvalue weighted by atomic mass is 79.9. The van der Waals surface area contributed by atoms with Gasteiger partial charge in [-0.15, -0.1) is 0 Å². The number of benzene rings is 1. The average Bonchev–Trinajstić information content (AvgIpc) is 2.07. The van der Waals surface area contributed by atoms with Crippen LogP contribution in [0.1, 0.15) is 37.3 Å². The summed E-state index contributed by atoms with van der Waals surface area (Å²) in [6.07, 6.45) is 1.25. The molecule has 14 heavy (non-hydrogen) atoms. The number of halogens is 1. The van der Waals surface area contributed by atoms with E-state index in [-0.39, 0.29) is 17.0 Å². The molecular weight excluding hydrogens is 238 g/mol. The van der Waals surface area contributed by atoms with Gasteiger partial charge in [0.05, 0.1) is 0 Å². The lowest BCUT2D eigenvalue weighted by atomic mass is 9.87. The Morgan fingerprint density at radius 3 is 2.71 bits per heavy atom. The van der Waals surface area contributed by atoms with E-state index >= 15 is 0 Å². The van der Waals surface area contributed by atoms with Crippen LogP contribution in [0.25, 0.3) is 0 Å². The second-order valence-corrected chi connectivity index (χ2v) is 4.22. The molecule has 0 bridgehead atoms. The van der Waals surface area contributed by atoms with Gasteiger partial charge in [0.1, 0.15) is 0 Å². The van der Waals surface area contributed by atoms with Crippen LogP contribution in [0, 0.1) is 6.92 Å². The normalized spacial score (nSPS) is 24.5. The van der Waals surface area contributed by atoms with Gasteiger partial charge in [0.25, 0.3) is 0 Å². The number of para-hydroxylation sites is 1. The van der Waals surface area contributed by atoms with Gasteiger partial charge in [-0.25, -0.2) is 0 Å². The molecule has 0 amide bonds. The third kappa shape index (κ3) is 1.95. The molecule has 1 N–H and O–H groups in total. The Kier molecular flexibility index (Phi) is 3.59. The van der Waals surface area contributed by atoms with Crippen LogP contribution in [-0.4, -0.2) is 6.04 Å². The van der Waals surface area contributed by atoms with Gasteiger partial charge in [-0.1, -0.05) is 25.1 Å². The van der Waals surface area contributed by atoms with Crippen molar-refractivity contribution < 1.29 is 17.0 Å². The fourth-order valence-corrected chi connectivity index (χ4v) is 2.26. The number of hydrogen-bond acceptors (Lipinski definition) is 1. The van der Waals surface area contributed by atoms with Crippen molar-refractivity contribution in [1.82, 2.24) is 0 Å². The highest BCUT2D eigenvalue weighted by Crippen LogP contribution is 2.35. The first-order chi connectivity index (χ1) is 6.18. The molecule has 0 aliphatic carbocycles. The summed E-state index contributed by atoms with van der Waals surface area (Å²) in [6, 6.07) is 7.19. The van der Waals surface area contributed by atoms with Crippen LogP contribution in [0.4, 0.5) is 5.69 Å². The lowest BCUT2D eigenvalue weighted by Gasteiger charge is -2.30. The van der Waals surface area contributed by atoms with E-state index in [0.717, 1.165) is 0 Å². The highest BCUT2D eigenvalue weighted by Gasteiger charge is 2.21. The second kappa shape index (κ2) is 4.35. The van der Waals surface area contributed by atoms with Gasteiger partial charge in [-0.05, 0) is 37.3 Å². The Balaban J connectivity index is 0.000000980. The van der Waals surface area contributed by atoms with E-state index in [4.69, 9.17) is 0 Å². The molecule has 0 radical (unpaired) electrons. The molecule has 2 unspecified atom stereocenters. The minimum absolute atomic E-state index is 0. The fraction of sp³-hybridized carbons (Fsp3) is 0.500. The number of aryl methyl sites for hydroxylation is 1. The summed E-state index contributed by atoms with van der Waals surface area (Å²) >= 11 is 0. The topological polar surface area (TPSA) is 12.0 Å². The van der Waals surface area contributed by atoms with Crippen LogP contribution in [0.2, 0.25) is 0 Å². The van der Waals surface area contributed by atoms with Crippen molar-refractivity contribution in [2.45, 2.75) is 39.2 Å². The molecule has 1 aliphatic rings. The number of nitrogens with one attached hydrogen (secondary N) is 1. The molecule has 2 atom stereocenters. The molecule has 0 fully saturated rings. The van der Waals surface area contributed by atoms with E-state index in [1.54, 1.807) is 0 Å². The molecule has 2 rings (SSSR count). The molecule has 1 nitrogen and oxygen atoms in total. The van der Waals surface area contributed by atoms with Gasteiger partial charge >= 0.3 is 0 Å². The molecule has 78 valence electrons. The first-order valence-electron chi connectivity index (χ1n) is 5.04. The second-order valence-electron chi connectivity index (χ2n) is 4.22. The predicted molar refractivity (Wildman–Crippen MR) is 57.3 cm³/mol. The van der Waals surface area contributed by atoms with Crippen LogP contribution in [0.3, 0.4) is 0 Å². The van der Waals surface area contributed by atoms with Crippen molar-refractivity contribution in [1.29, 1.82) is 0 Å². The summed E-state index contributed by atoms with van der Waals surface area (Å²) in [4.78, 5) is 0. The number of fused-ring (bicyclic) bond motifs is 1. The van der Waals surface area contributed by atoms with Gasteiger partial charge < -0.3 is 22.3 Å². The first-order valence-corrected chi connectivity index (χ1v) is 5.04. The zero-order valence-corrected chi connectivity index (χ0v) is 10.6. The van der Waals surface area contributed by atoms with Crippen LogP contribution >= 0.6 is 0 Å². The van der Waals surface area contributed by atoms with Crippen molar-refractivity contribution >= 4 is 5.69 Å². The standard InChI is InChI=1S/C12H17N.BrH/c1-8-5-4-6-11-9(2)7-10(3)13-12(8)11;/h4-6,9-10,13H,7H2,1-3H3;1H/p-1. The van der Waals surface area contributed by atoms with Gasteiger partial charge in [-0.2, -0.15) is 0 Å². The summed E-state index contributed by atoms with van der Waals surface area (Å²) in [5.74, 6) is 0.700. The fourth-order valence-electron chi connectivity index (χ4n) is 2.26. The monoisotopic (exact) mass is 254 g/mol.